The van der Waals surface area contributed by atoms with Crippen molar-refractivity contribution in [2.75, 3.05) is 11.4 Å². The van der Waals surface area contributed by atoms with Crippen LogP contribution in [0.4, 0.5) is 23.7 Å². The summed E-state index contributed by atoms with van der Waals surface area (Å²) in [7, 11) is 0. The minimum absolute atomic E-state index is 0.114. The lowest BCUT2D eigenvalue weighted by Gasteiger charge is -2.38. The number of aryl methyl sites for hydroxylation is 1. The van der Waals surface area contributed by atoms with Crippen LogP contribution in [0.5, 0.6) is 5.75 Å². The molecule has 0 radical (unpaired) electrons. The first-order valence-corrected chi connectivity index (χ1v) is 9.79. The summed E-state index contributed by atoms with van der Waals surface area (Å²) < 4.78 is 48.9. The summed E-state index contributed by atoms with van der Waals surface area (Å²) in [5.74, 6) is -1.62. The second-order valence-corrected chi connectivity index (χ2v) is 7.78. The monoisotopic (exact) mass is 449 g/mol. The lowest BCUT2D eigenvalue weighted by Crippen LogP contribution is -2.43. The lowest BCUT2D eigenvalue weighted by atomic mass is 9.88. The fourth-order valence-corrected chi connectivity index (χ4v) is 3.66. The third-order valence-corrected chi connectivity index (χ3v) is 5.10. The van der Waals surface area contributed by atoms with Gasteiger partial charge in [0.2, 0.25) is 0 Å². The van der Waals surface area contributed by atoms with Crippen molar-refractivity contribution in [1.29, 1.82) is 0 Å². The molecule has 1 aliphatic rings. The maximum atomic E-state index is 13.1. The average molecular weight is 449 g/mol. The van der Waals surface area contributed by atoms with Gasteiger partial charge in [0.25, 0.3) is 0 Å². The number of alkyl halides is 3. The van der Waals surface area contributed by atoms with Crippen molar-refractivity contribution in [1.82, 2.24) is 0 Å². The van der Waals surface area contributed by atoms with Gasteiger partial charge >= 0.3 is 18.4 Å². The van der Waals surface area contributed by atoms with E-state index in [9.17, 15) is 22.8 Å². The number of anilines is 1. The number of carboxylic acid groups (broad SMARTS) is 1. The first kappa shape index (κ1) is 23.2. The number of hydrogen-bond acceptors (Lipinski definition) is 4. The van der Waals surface area contributed by atoms with Crippen LogP contribution >= 0.6 is 0 Å². The fourth-order valence-electron chi connectivity index (χ4n) is 3.66. The highest BCUT2D eigenvalue weighted by molar-refractivity contribution is 5.94. The number of nitrogens with zero attached hydrogens (tertiary/aromatic N) is 1. The van der Waals surface area contributed by atoms with Gasteiger partial charge < -0.3 is 14.6 Å². The number of aliphatic carboxylic acids is 1. The van der Waals surface area contributed by atoms with Crippen LogP contribution in [0.1, 0.15) is 37.5 Å². The number of hydrogen-bond donors (Lipinski definition) is 1. The Balaban J connectivity index is 2.25. The molecule has 32 heavy (non-hydrogen) atoms. The number of benzene rings is 2. The van der Waals surface area contributed by atoms with Crippen molar-refractivity contribution in [3.05, 3.63) is 53.1 Å². The van der Waals surface area contributed by atoms with Crippen LogP contribution in [0.2, 0.25) is 0 Å². The molecule has 0 bridgehead atoms. The molecule has 6 nitrogen and oxygen atoms in total. The first-order chi connectivity index (χ1) is 14.8. The number of cyclic esters (lactones) is 1. The highest BCUT2D eigenvalue weighted by atomic mass is 19.4. The summed E-state index contributed by atoms with van der Waals surface area (Å²) in [6.07, 6.45) is -3.31. The Morgan fingerprint density at radius 3 is 2.50 bits per heavy atom. The zero-order valence-corrected chi connectivity index (χ0v) is 17.9. The third-order valence-electron chi connectivity index (χ3n) is 5.10. The zero-order chi connectivity index (χ0) is 23.8. The van der Waals surface area contributed by atoms with Crippen LogP contribution < -0.4 is 9.64 Å². The average Bonchev–Trinajstić information content (AvgIpc) is 2.66. The Bertz CT molecular complexity index is 1110. The molecular formula is C23H22F3NO5. The van der Waals surface area contributed by atoms with E-state index >= 15 is 0 Å². The van der Waals surface area contributed by atoms with Gasteiger partial charge in [-0.25, -0.2) is 9.59 Å². The zero-order valence-electron chi connectivity index (χ0n) is 17.9. The van der Waals surface area contributed by atoms with E-state index in [1.807, 2.05) is 0 Å². The lowest BCUT2D eigenvalue weighted by molar-refractivity contribution is -0.274. The maximum Gasteiger partial charge on any atom is 0.573 e. The van der Waals surface area contributed by atoms with Gasteiger partial charge in [-0.15, -0.1) is 13.2 Å². The molecule has 2 aromatic carbocycles. The van der Waals surface area contributed by atoms with Crippen LogP contribution in [0.3, 0.4) is 0 Å². The minimum Gasteiger partial charge on any atom is -0.478 e. The van der Waals surface area contributed by atoms with Gasteiger partial charge in [-0.3, -0.25) is 4.90 Å². The molecule has 0 aliphatic carbocycles. The summed E-state index contributed by atoms with van der Waals surface area (Å²) in [6, 6.07) is 7.30. The van der Waals surface area contributed by atoms with E-state index in [0.717, 1.165) is 17.7 Å². The normalized spacial score (nSPS) is 15.5. The molecule has 0 unspecified atom stereocenters. The molecule has 2 aromatic rings. The second-order valence-electron chi connectivity index (χ2n) is 7.78. The van der Waals surface area contributed by atoms with E-state index in [4.69, 9.17) is 9.84 Å². The molecule has 0 saturated carbocycles. The smallest absolute Gasteiger partial charge is 0.478 e. The van der Waals surface area contributed by atoms with Crippen molar-refractivity contribution in [3.63, 3.8) is 0 Å². The summed E-state index contributed by atoms with van der Waals surface area (Å²) >= 11 is 0. The number of carbonyl (C=O) groups excluding carboxylic acids is 1. The molecule has 1 amide bonds. The second kappa shape index (κ2) is 8.22. The molecule has 0 atom stereocenters. The SMILES string of the molecule is CCN1C(=O)OC(C)(C)c2cc(C)c(-c3cc(/C=C/C(=O)O)ccc3OC(F)(F)F)cc21. The van der Waals surface area contributed by atoms with Gasteiger partial charge in [0.15, 0.2) is 0 Å². The van der Waals surface area contributed by atoms with E-state index in [1.54, 1.807) is 39.8 Å². The predicted octanol–water partition coefficient (Wildman–Crippen LogP) is 5.87. The molecule has 0 fully saturated rings. The predicted molar refractivity (Wildman–Crippen MR) is 112 cm³/mol. The summed E-state index contributed by atoms with van der Waals surface area (Å²) in [5.41, 5.74) is 1.87. The highest BCUT2D eigenvalue weighted by Gasteiger charge is 2.38. The van der Waals surface area contributed by atoms with E-state index in [1.165, 1.54) is 23.1 Å². The Morgan fingerprint density at radius 2 is 1.91 bits per heavy atom. The van der Waals surface area contributed by atoms with Gasteiger partial charge in [-0.1, -0.05) is 6.07 Å². The largest absolute Gasteiger partial charge is 0.573 e. The number of ether oxygens (including phenoxy) is 2. The number of fused-ring (bicyclic) bond motifs is 1. The molecule has 0 saturated heterocycles. The molecule has 170 valence electrons. The van der Waals surface area contributed by atoms with Gasteiger partial charge in [0.05, 0.1) is 5.69 Å². The molecule has 3 rings (SSSR count). The van der Waals surface area contributed by atoms with Crippen molar-refractivity contribution in [2.45, 2.75) is 39.7 Å². The van der Waals surface area contributed by atoms with E-state index in [-0.39, 0.29) is 5.56 Å². The van der Waals surface area contributed by atoms with Crippen LogP contribution in [-0.2, 0) is 15.1 Å². The van der Waals surface area contributed by atoms with E-state index < -0.39 is 29.8 Å². The molecule has 9 heteroatoms. The summed E-state index contributed by atoms with van der Waals surface area (Å²) in [5, 5.41) is 8.87. The highest BCUT2D eigenvalue weighted by Crippen LogP contribution is 2.44. The topological polar surface area (TPSA) is 76.1 Å². The first-order valence-electron chi connectivity index (χ1n) is 9.79. The fraction of sp³-hybridized carbons (Fsp3) is 0.304. The van der Waals surface area contributed by atoms with Crippen molar-refractivity contribution in [3.8, 4) is 16.9 Å². The van der Waals surface area contributed by atoms with Gasteiger partial charge in [0, 0.05) is 23.7 Å². The minimum atomic E-state index is -4.92. The van der Waals surface area contributed by atoms with Crippen LogP contribution in [-0.4, -0.2) is 30.1 Å². The Hall–Kier alpha value is -3.49. The standard InChI is InChI=1S/C23H22F3NO5/c1-5-27-18-12-15(13(2)10-17(18)22(3,4)32-21(27)30)16-11-14(7-9-20(28)29)6-8-19(16)31-23(24,25)26/h6-12H,5H2,1-4H3,(H,28,29)/b9-7+. The van der Waals surface area contributed by atoms with Gasteiger partial charge in [0.1, 0.15) is 11.4 Å². The van der Waals surface area contributed by atoms with Crippen LogP contribution in [0.25, 0.3) is 17.2 Å². The molecular weight excluding hydrogens is 427 g/mol. The molecule has 1 N–H and O–H groups in total. The maximum absolute atomic E-state index is 13.1. The number of halogens is 3. The van der Waals surface area contributed by atoms with Crippen molar-refractivity contribution < 1.29 is 37.3 Å². The Morgan fingerprint density at radius 1 is 1.22 bits per heavy atom. The number of amides is 1. The van der Waals surface area contributed by atoms with E-state index in [2.05, 4.69) is 4.74 Å². The van der Waals surface area contributed by atoms with E-state index in [0.29, 0.717) is 28.9 Å². The number of carboxylic acids is 1. The molecule has 1 aliphatic heterocycles. The number of rotatable bonds is 5. The third kappa shape index (κ3) is 4.71. The van der Waals surface area contributed by atoms with Crippen molar-refractivity contribution in [2.24, 2.45) is 0 Å². The van der Waals surface area contributed by atoms with Crippen molar-refractivity contribution >= 4 is 23.8 Å². The summed E-state index contributed by atoms with van der Waals surface area (Å²) in [4.78, 5) is 24.7. The molecule has 0 aromatic heterocycles. The van der Waals surface area contributed by atoms with Crippen LogP contribution in [0.15, 0.2) is 36.4 Å². The number of carbonyl (C=O) groups is 2. The molecule has 0 spiro atoms. The Kier molecular flexibility index (Phi) is 5.95. The summed E-state index contributed by atoms with van der Waals surface area (Å²) in [6.45, 7) is 7.28. The quantitative estimate of drug-likeness (QED) is 0.578. The van der Waals surface area contributed by atoms with Crippen LogP contribution in [0, 0.1) is 6.92 Å². The Labute approximate surface area is 182 Å². The van der Waals surface area contributed by atoms with Gasteiger partial charge in [-0.05, 0) is 74.7 Å². The van der Waals surface area contributed by atoms with Gasteiger partial charge in [-0.2, -0.15) is 0 Å². The molecule has 1 heterocycles.